The number of nitrogens with zero attached hydrogens (tertiary/aromatic N) is 2. The number of carbonyl (C=O) groups is 1. The number of aromatic nitrogens is 1. The van der Waals surface area contributed by atoms with Gasteiger partial charge in [0.2, 0.25) is 0 Å². The minimum Gasteiger partial charge on any atom is -0.508 e. The monoisotopic (exact) mass is 391 g/mol. The number of pyridine rings is 1. The van der Waals surface area contributed by atoms with Crippen LogP contribution in [0.4, 0.5) is 17.2 Å². The molecule has 0 aliphatic carbocycles. The van der Waals surface area contributed by atoms with Crippen LogP contribution in [0.3, 0.4) is 0 Å². The van der Waals surface area contributed by atoms with Crippen molar-refractivity contribution in [3.05, 3.63) is 88.1 Å². The van der Waals surface area contributed by atoms with Gasteiger partial charge in [0.15, 0.2) is 11.5 Å². The van der Waals surface area contributed by atoms with Crippen molar-refractivity contribution in [2.24, 2.45) is 0 Å². The number of ketones is 1. The van der Waals surface area contributed by atoms with Gasteiger partial charge in [0, 0.05) is 18.0 Å². The van der Waals surface area contributed by atoms with Gasteiger partial charge in [-0.1, -0.05) is 12.1 Å². The summed E-state index contributed by atoms with van der Waals surface area (Å²) in [7, 11) is 1.35. The van der Waals surface area contributed by atoms with Crippen molar-refractivity contribution in [1.29, 1.82) is 0 Å². The van der Waals surface area contributed by atoms with Crippen LogP contribution in [0.2, 0.25) is 0 Å². The van der Waals surface area contributed by atoms with Crippen molar-refractivity contribution >= 4 is 29.1 Å². The van der Waals surface area contributed by atoms with Crippen molar-refractivity contribution < 1.29 is 19.6 Å². The van der Waals surface area contributed by atoms with Gasteiger partial charge in [-0.3, -0.25) is 14.9 Å². The Morgan fingerprint density at radius 2 is 1.97 bits per heavy atom. The highest BCUT2D eigenvalue weighted by Crippen LogP contribution is 2.28. The van der Waals surface area contributed by atoms with E-state index in [2.05, 4.69) is 10.3 Å². The number of phenolic OH excluding ortho intramolecular Hbond substituents is 1. The molecule has 0 saturated carbocycles. The molecule has 0 spiro atoms. The van der Waals surface area contributed by atoms with E-state index in [0.29, 0.717) is 22.6 Å². The summed E-state index contributed by atoms with van der Waals surface area (Å²) in [6.45, 7) is 0. The molecule has 0 bridgehead atoms. The van der Waals surface area contributed by atoms with Gasteiger partial charge in [-0.2, -0.15) is 0 Å². The molecule has 2 aromatic carbocycles. The van der Waals surface area contributed by atoms with E-state index in [1.165, 1.54) is 43.5 Å². The molecule has 0 atom stereocenters. The van der Waals surface area contributed by atoms with Gasteiger partial charge in [0.1, 0.15) is 11.6 Å². The summed E-state index contributed by atoms with van der Waals surface area (Å²) >= 11 is 0. The van der Waals surface area contributed by atoms with Crippen LogP contribution in [-0.2, 0) is 0 Å². The van der Waals surface area contributed by atoms with Crippen molar-refractivity contribution in [3.8, 4) is 11.5 Å². The first-order valence-electron chi connectivity index (χ1n) is 8.54. The van der Waals surface area contributed by atoms with Gasteiger partial charge in [-0.25, -0.2) is 4.98 Å². The summed E-state index contributed by atoms with van der Waals surface area (Å²) in [6.07, 6.45) is 4.37. The number of rotatable bonds is 7. The van der Waals surface area contributed by atoms with E-state index >= 15 is 0 Å². The molecule has 1 aromatic heterocycles. The first-order valence-corrected chi connectivity index (χ1v) is 8.54. The Kier molecular flexibility index (Phi) is 5.84. The smallest absolute Gasteiger partial charge is 0.311 e. The quantitative estimate of drug-likeness (QED) is 0.202. The highest BCUT2D eigenvalue weighted by atomic mass is 16.6. The molecular weight excluding hydrogens is 374 g/mol. The molecule has 2 N–H and O–H groups in total. The van der Waals surface area contributed by atoms with Crippen molar-refractivity contribution in [3.63, 3.8) is 0 Å². The second-order valence-electron chi connectivity index (χ2n) is 5.96. The fourth-order valence-electron chi connectivity index (χ4n) is 2.60. The molecule has 0 aliphatic heterocycles. The van der Waals surface area contributed by atoms with Crippen molar-refractivity contribution in [1.82, 2.24) is 4.98 Å². The van der Waals surface area contributed by atoms with Crippen LogP contribution in [0.25, 0.3) is 6.08 Å². The predicted molar refractivity (Wildman–Crippen MR) is 109 cm³/mol. The Hall–Kier alpha value is -4.20. The van der Waals surface area contributed by atoms with E-state index in [1.54, 1.807) is 36.5 Å². The van der Waals surface area contributed by atoms with Crippen LogP contribution in [0.15, 0.2) is 66.9 Å². The van der Waals surface area contributed by atoms with Gasteiger partial charge in [-0.05, 0) is 54.1 Å². The summed E-state index contributed by atoms with van der Waals surface area (Å²) < 4.78 is 4.97. The Balaban J connectivity index is 1.83. The standard InChI is InChI=1S/C21H17N3O5/c1-29-20-11-5-14(13-18(20)24(27)28)4-10-19(26)17-3-2-12-22-21(17)23-15-6-8-16(25)9-7-15/h2-13,25H,1H3,(H,22,23). The molecule has 0 amide bonds. The van der Waals surface area contributed by atoms with Gasteiger partial charge < -0.3 is 15.2 Å². The number of nitrogens with one attached hydrogen (secondary N) is 1. The van der Waals surface area contributed by atoms with Crippen LogP contribution in [0, 0.1) is 10.1 Å². The lowest BCUT2D eigenvalue weighted by Crippen LogP contribution is -2.03. The average molecular weight is 391 g/mol. The summed E-state index contributed by atoms with van der Waals surface area (Å²) in [5.74, 6) is 0.307. The van der Waals surface area contributed by atoms with Crippen LogP contribution in [0.5, 0.6) is 11.5 Å². The Morgan fingerprint density at radius 1 is 1.21 bits per heavy atom. The van der Waals surface area contributed by atoms with E-state index in [1.807, 2.05) is 0 Å². The number of methoxy groups -OCH3 is 1. The maximum absolute atomic E-state index is 12.7. The normalized spacial score (nSPS) is 10.7. The van der Waals surface area contributed by atoms with Gasteiger partial charge in [-0.15, -0.1) is 0 Å². The van der Waals surface area contributed by atoms with Gasteiger partial charge >= 0.3 is 5.69 Å². The molecule has 3 rings (SSSR count). The molecule has 8 heteroatoms. The third-order valence-electron chi connectivity index (χ3n) is 4.03. The summed E-state index contributed by atoms with van der Waals surface area (Å²) in [4.78, 5) is 27.4. The number of nitro benzene ring substituents is 1. The van der Waals surface area contributed by atoms with Gasteiger partial charge in [0.05, 0.1) is 17.6 Å². The molecule has 0 fully saturated rings. The summed E-state index contributed by atoms with van der Waals surface area (Å²) in [6, 6.07) is 14.0. The third kappa shape index (κ3) is 4.75. The molecule has 8 nitrogen and oxygen atoms in total. The number of aromatic hydroxyl groups is 1. The molecule has 0 radical (unpaired) electrons. The van der Waals surface area contributed by atoms with Crippen molar-refractivity contribution in [2.45, 2.75) is 0 Å². The molecule has 146 valence electrons. The summed E-state index contributed by atoms with van der Waals surface area (Å²) in [5.41, 5.74) is 1.30. The third-order valence-corrected chi connectivity index (χ3v) is 4.03. The summed E-state index contributed by atoms with van der Waals surface area (Å²) in [5, 5.41) is 23.5. The van der Waals surface area contributed by atoms with Crippen LogP contribution < -0.4 is 10.1 Å². The predicted octanol–water partition coefficient (Wildman–Crippen LogP) is 4.34. The first kappa shape index (κ1) is 19.6. The zero-order valence-corrected chi connectivity index (χ0v) is 15.4. The number of carbonyl (C=O) groups excluding carboxylic acids is 1. The Morgan fingerprint density at radius 3 is 2.66 bits per heavy atom. The van der Waals surface area contributed by atoms with E-state index in [9.17, 15) is 20.0 Å². The minimum atomic E-state index is -0.543. The average Bonchev–Trinajstić information content (AvgIpc) is 2.73. The Labute approximate surface area is 166 Å². The lowest BCUT2D eigenvalue weighted by molar-refractivity contribution is -0.385. The minimum absolute atomic E-state index is 0.129. The van der Waals surface area contributed by atoms with Crippen LogP contribution in [-0.4, -0.2) is 27.9 Å². The maximum atomic E-state index is 12.7. The van der Waals surface area contributed by atoms with E-state index < -0.39 is 4.92 Å². The lowest BCUT2D eigenvalue weighted by atomic mass is 10.1. The zero-order valence-electron chi connectivity index (χ0n) is 15.4. The van der Waals surface area contributed by atoms with Crippen molar-refractivity contribution in [2.75, 3.05) is 12.4 Å². The molecular formula is C21H17N3O5. The number of hydrogen-bond acceptors (Lipinski definition) is 7. The molecule has 3 aromatic rings. The second-order valence-corrected chi connectivity index (χ2v) is 5.96. The van der Waals surface area contributed by atoms with Crippen LogP contribution >= 0.6 is 0 Å². The molecule has 29 heavy (non-hydrogen) atoms. The number of hydrogen-bond donors (Lipinski definition) is 2. The molecule has 1 heterocycles. The largest absolute Gasteiger partial charge is 0.508 e. The molecule has 0 aliphatic rings. The molecule has 0 saturated heterocycles. The number of anilines is 2. The van der Waals surface area contributed by atoms with Crippen LogP contribution in [0.1, 0.15) is 15.9 Å². The maximum Gasteiger partial charge on any atom is 0.311 e. The van der Waals surface area contributed by atoms with E-state index in [4.69, 9.17) is 4.74 Å². The number of nitro groups is 1. The second kappa shape index (κ2) is 8.66. The Bertz CT molecular complexity index is 1080. The van der Waals surface area contributed by atoms with Gasteiger partial charge in [0.25, 0.3) is 0 Å². The first-order chi connectivity index (χ1) is 14.0. The number of phenols is 1. The lowest BCUT2D eigenvalue weighted by Gasteiger charge is -2.09. The zero-order chi connectivity index (χ0) is 20.8. The highest BCUT2D eigenvalue weighted by molar-refractivity contribution is 6.10. The van der Waals surface area contributed by atoms with E-state index in [-0.39, 0.29) is 23.0 Å². The number of allylic oxidation sites excluding steroid dienone is 1. The fraction of sp³-hybridized carbons (Fsp3) is 0.0476. The topological polar surface area (TPSA) is 115 Å². The SMILES string of the molecule is COc1ccc(C=CC(=O)c2cccnc2Nc2ccc(O)cc2)cc1[N+](=O)[O-]. The number of benzene rings is 2. The number of ether oxygens (including phenoxy) is 1. The highest BCUT2D eigenvalue weighted by Gasteiger charge is 2.15. The fourth-order valence-corrected chi connectivity index (χ4v) is 2.60. The van der Waals surface area contributed by atoms with E-state index in [0.717, 1.165) is 0 Å². The molecule has 0 unspecified atom stereocenters.